The Hall–Kier alpha value is 0.210. The van der Waals surface area contributed by atoms with E-state index in [0.717, 1.165) is 5.41 Å². The van der Waals surface area contributed by atoms with Crippen molar-refractivity contribution in [3.05, 3.63) is 0 Å². The Morgan fingerprint density at radius 3 is 2.09 bits per heavy atom. The predicted octanol–water partition coefficient (Wildman–Crippen LogP) is 0.723. The second-order valence-electron chi connectivity index (χ2n) is 3.91. The van der Waals surface area contributed by atoms with Crippen LogP contribution in [0.1, 0.15) is 12.8 Å². The van der Waals surface area contributed by atoms with E-state index in [1.807, 2.05) is 0 Å². The highest BCUT2D eigenvalue weighted by Crippen LogP contribution is 2.34. The summed E-state index contributed by atoms with van der Waals surface area (Å²) in [6.07, 6.45) is 2.83. The van der Waals surface area contributed by atoms with Crippen molar-refractivity contribution in [2.75, 3.05) is 33.2 Å². The van der Waals surface area contributed by atoms with Gasteiger partial charge in [0.05, 0.1) is 0 Å². The van der Waals surface area contributed by atoms with Gasteiger partial charge in [-0.3, -0.25) is 0 Å². The van der Waals surface area contributed by atoms with Gasteiger partial charge in [0.1, 0.15) is 0 Å². The number of halogens is 1. The van der Waals surface area contributed by atoms with Gasteiger partial charge < -0.3 is 10.2 Å². The zero-order valence-electron chi connectivity index (χ0n) is 7.10. The molecule has 1 spiro atoms. The average Bonchev–Trinajstić information content (AvgIpc) is 1.86. The number of piperidine rings is 1. The van der Waals surface area contributed by atoms with Crippen LogP contribution in [0.2, 0.25) is 0 Å². The number of nitrogens with one attached hydrogen (secondary N) is 1. The van der Waals surface area contributed by atoms with Gasteiger partial charge in [-0.05, 0) is 38.4 Å². The Bertz CT molecular complexity index is 124. The smallest absolute Gasteiger partial charge is 0.00212 e. The molecule has 2 nitrogen and oxygen atoms in total. The Morgan fingerprint density at radius 1 is 1.18 bits per heavy atom. The third-order valence-electron chi connectivity index (χ3n) is 3.05. The second kappa shape index (κ2) is 3.30. The summed E-state index contributed by atoms with van der Waals surface area (Å²) in [4.78, 5) is 2.43. The van der Waals surface area contributed by atoms with E-state index in [1.54, 1.807) is 0 Å². The lowest BCUT2D eigenvalue weighted by molar-refractivity contribution is 0.0671. The Kier molecular flexibility index (Phi) is 2.79. The van der Waals surface area contributed by atoms with Gasteiger partial charge >= 0.3 is 0 Å². The van der Waals surface area contributed by atoms with E-state index in [9.17, 15) is 0 Å². The van der Waals surface area contributed by atoms with Crippen LogP contribution >= 0.6 is 12.4 Å². The van der Waals surface area contributed by atoms with Crippen molar-refractivity contribution < 1.29 is 0 Å². The molecule has 66 valence electrons. The van der Waals surface area contributed by atoms with Gasteiger partial charge in [0.2, 0.25) is 0 Å². The summed E-state index contributed by atoms with van der Waals surface area (Å²) in [6.45, 7) is 5.17. The van der Waals surface area contributed by atoms with E-state index in [0.29, 0.717) is 0 Å². The maximum absolute atomic E-state index is 3.37. The van der Waals surface area contributed by atoms with E-state index in [1.165, 1.54) is 39.0 Å². The SMILES string of the molecule is CN1CCC2(CC1)CNC2.Cl. The number of hydrogen-bond donors (Lipinski definition) is 1. The molecule has 2 fully saturated rings. The molecule has 0 radical (unpaired) electrons. The van der Waals surface area contributed by atoms with E-state index in [-0.39, 0.29) is 12.4 Å². The van der Waals surface area contributed by atoms with Crippen molar-refractivity contribution in [2.45, 2.75) is 12.8 Å². The fourth-order valence-electron chi connectivity index (χ4n) is 1.92. The zero-order valence-corrected chi connectivity index (χ0v) is 7.91. The van der Waals surface area contributed by atoms with Crippen LogP contribution in [0.3, 0.4) is 0 Å². The quantitative estimate of drug-likeness (QED) is 0.586. The predicted molar refractivity (Wildman–Crippen MR) is 49.3 cm³/mol. The van der Waals surface area contributed by atoms with Gasteiger partial charge in [-0.1, -0.05) is 0 Å². The molecule has 1 N–H and O–H groups in total. The van der Waals surface area contributed by atoms with Crippen LogP contribution < -0.4 is 5.32 Å². The molecule has 0 atom stereocenters. The van der Waals surface area contributed by atoms with Crippen LogP contribution in [-0.2, 0) is 0 Å². The van der Waals surface area contributed by atoms with Gasteiger partial charge in [-0.2, -0.15) is 0 Å². The Labute approximate surface area is 74.7 Å². The molecule has 0 saturated carbocycles. The number of nitrogens with zero attached hydrogens (tertiary/aromatic N) is 1. The normalized spacial score (nSPS) is 29.2. The van der Waals surface area contributed by atoms with Gasteiger partial charge in [0, 0.05) is 13.1 Å². The van der Waals surface area contributed by atoms with Crippen molar-refractivity contribution in [1.82, 2.24) is 10.2 Å². The third kappa shape index (κ3) is 1.68. The van der Waals surface area contributed by atoms with Gasteiger partial charge in [-0.25, -0.2) is 0 Å². The third-order valence-corrected chi connectivity index (χ3v) is 3.05. The largest absolute Gasteiger partial charge is 0.316 e. The molecule has 11 heavy (non-hydrogen) atoms. The van der Waals surface area contributed by atoms with E-state index in [2.05, 4.69) is 17.3 Å². The summed E-state index contributed by atoms with van der Waals surface area (Å²) >= 11 is 0. The molecule has 0 amide bonds. The molecule has 2 aliphatic heterocycles. The van der Waals surface area contributed by atoms with Crippen LogP contribution in [0.25, 0.3) is 0 Å². The molecule has 0 aliphatic carbocycles. The van der Waals surface area contributed by atoms with E-state index < -0.39 is 0 Å². The Morgan fingerprint density at radius 2 is 1.73 bits per heavy atom. The lowest BCUT2D eigenvalue weighted by Gasteiger charge is -2.47. The van der Waals surface area contributed by atoms with Crippen molar-refractivity contribution in [3.8, 4) is 0 Å². The molecular weight excluding hydrogens is 160 g/mol. The molecule has 0 bridgehead atoms. The molecule has 2 aliphatic rings. The lowest BCUT2D eigenvalue weighted by atomic mass is 9.74. The summed E-state index contributed by atoms with van der Waals surface area (Å²) in [5.74, 6) is 0. The molecule has 2 heterocycles. The highest BCUT2D eigenvalue weighted by atomic mass is 35.5. The monoisotopic (exact) mass is 176 g/mol. The minimum absolute atomic E-state index is 0. The number of hydrogen-bond acceptors (Lipinski definition) is 2. The van der Waals surface area contributed by atoms with Crippen LogP contribution in [0.5, 0.6) is 0 Å². The summed E-state index contributed by atoms with van der Waals surface area (Å²) in [5.41, 5.74) is 0.729. The highest BCUT2D eigenvalue weighted by molar-refractivity contribution is 5.85. The fourth-order valence-corrected chi connectivity index (χ4v) is 1.92. The van der Waals surface area contributed by atoms with E-state index >= 15 is 0 Å². The molecule has 0 aromatic carbocycles. The topological polar surface area (TPSA) is 15.3 Å². The first-order chi connectivity index (χ1) is 4.81. The maximum atomic E-state index is 3.37. The van der Waals surface area contributed by atoms with Crippen molar-refractivity contribution in [1.29, 1.82) is 0 Å². The first-order valence-electron chi connectivity index (χ1n) is 4.20. The van der Waals surface area contributed by atoms with Crippen molar-refractivity contribution >= 4 is 12.4 Å². The number of rotatable bonds is 0. The van der Waals surface area contributed by atoms with Crippen LogP contribution in [0, 0.1) is 5.41 Å². The van der Waals surface area contributed by atoms with Crippen LogP contribution in [0.15, 0.2) is 0 Å². The minimum atomic E-state index is 0. The van der Waals surface area contributed by atoms with Crippen molar-refractivity contribution in [2.24, 2.45) is 5.41 Å². The number of likely N-dealkylation sites (tertiary alicyclic amines) is 1. The zero-order chi connectivity index (χ0) is 7.03. The second-order valence-corrected chi connectivity index (χ2v) is 3.91. The molecule has 0 aromatic rings. The fraction of sp³-hybridized carbons (Fsp3) is 1.00. The van der Waals surface area contributed by atoms with E-state index in [4.69, 9.17) is 0 Å². The molecule has 2 rings (SSSR count). The standard InChI is InChI=1S/C8H16N2.ClH/c1-10-4-2-8(3-5-10)6-9-7-8;/h9H,2-7H2,1H3;1H. The summed E-state index contributed by atoms with van der Waals surface area (Å²) in [6, 6.07) is 0. The summed E-state index contributed by atoms with van der Waals surface area (Å²) < 4.78 is 0. The first kappa shape index (κ1) is 9.30. The lowest BCUT2D eigenvalue weighted by Crippen LogP contribution is -2.57. The molecule has 0 unspecified atom stereocenters. The first-order valence-corrected chi connectivity index (χ1v) is 4.20. The highest BCUT2D eigenvalue weighted by Gasteiger charge is 2.38. The summed E-state index contributed by atoms with van der Waals surface area (Å²) in [5, 5.41) is 3.37. The summed E-state index contributed by atoms with van der Waals surface area (Å²) in [7, 11) is 2.22. The molecule has 2 saturated heterocycles. The molecule has 0 aromatic heterocycles. The van der Waals surface area contributed by atoms with Crippen molar-refractivity contribution in [3.63, 3.8) is 0 Å². The Balaban J connectivity index is 0.000000605. The minimum Gasteiger partial charge on any atom is -0.316 e. The van der Waals surface area contributed by atoms with Crippen LogP contribution in [-0.4, -0.2) is 38.1 Å². The average molecular weight is 177 g/mol. The maximum Gasteiger partial charge on any atom is 0.00212 e. The van der Waals surface area contributed by atoms with Gasteiger partial charge in [0.15, 0.2) is 0 Å². The van der Waals surface area contributed by atoms with Gasteiger partial charge in [0.25, 0.3) is 0 Å². The van der Waals surface area contributed by atoms with Crippen LogP contribution in [0.4, 0.5) is 0 Å². The molecular formula is C8H17ClN2. The van der Waals surface area contributed by atoms with Gasteiger partial charge in [-0.15, -0.1) is 12.4 Å². The molecule has 3 heteroatoms.